The number of aromatic nitrogens is 1. The predicted molar refractivity (Wildman–Crippen MR) is 99.8 cm³/mol. The summed E-state index contributed by atoms with van der Waals surface area (Å²) in [5.74, 6) is 0.647. The van der Waals surface area contributed by atoms with Crippen molar-refractivity contribution in [2.75, 3.05) is 11.1 Å². The third-order valence-electron chi connectivity index (χ3n) is 4.79. The Kier molecular flexibility index (Phi) is 5.23. The first-order valence-corrected chi connectivity index (χ1v) is 9.96. The Balaban J connectivity index is 1.67. The number of carbonyl (C=O) groups is 1. The molecule has 1 aromatic heterocycles. The molecule has 130 valence electrons. The molecule has 0 radical (unpaired) electrons. The fourth-order valence-corrected chi connectivity index (χ4v) is 4.89. The summed E-state index contributed by atoms with van der Waals surface area (Å²) in [5, 5.41) is 7.17. The zero-order chi connectivity index (χ0) is 17.1. The summed E-state index contributed by atoms with van der Waals surface area (Å²) in [7, 11) is 1.12. The maximum Gasteiger partial charge on any atom is 0.319 e. The van der Waals surface area contributed by atoms with E-state index >= 15 is 0 Å². The molecule has 2 amide bonds. The van der Waals surface area contributed by atoms with Crippen LogP contribution in [0.1, 0.15) is 32.6 Å². The molecule has 3 atom stereocenters. The summed E-state index contributed by atoms with van der Waals surface area (Å²) in [5.41, 5.74) is 1.85. The minimum Gasteiger partial charge on any atom is -0.350 e. The van der Waals surface area contributed by atoms with Crippen LogP contribution in [-0.4, -0.2) is 31.9 Å². The SMILES string of the molecule is CC[S@@](=O)[C@@H]1CCCC[C@@H]1NC(=O)Nc1ccc2ccn(C)c2c1. The minimum absolute atomic E-state index is 0.00157. The quantitative estimate of drug-likeness (QED) is 0.890. The van der Waals surface area contributed by atoms with Crippen molar-refractivity contribution in [1.82, 2.24) is 9.88 Å². The molecule has 24 heavy (non-hydrogen) atoms. The first-order chi connectivity index (χ1) is 11.6. The number of nitrogens with zero attached hydrogens (tertiary/aromatic N) is 1. The molecule has 1 aliphatic carbocycles. The molecule has 1 heterocycles. The van der Waals surface area contributed by atoms with Crippen molar-refractivity contribution in [1.29, 1.82) is 0 Å². The fourth-order valence-electron chi connectivity index (χ4n) is 3.47. The van der Waals surface area contributed by atoms with Crippen LogP contribution in [0.25, 0.3) is 10.9 Å². The number of hydrogen-bond acceptors (Lipinski definition) is 2. The third kappa shape index (κ3) is 3.64. The van der Waals surface area contributed by atoms with Crippen molar-refractivity contribution in [3.8, 4) is 0 Å². The van der Waals surface area contributed by atoms with E-state index in [0.29, 0.717) is 5.75 Å². The van der Waals surface area contributed by atoms with Gasteiger partial charge in [-0.15, -0.1) is 0 Å². The molecule has 1 aromatic carbocycles. The molecule has 3 rings (SSSR count). The normalized spacial score (nSPS) is 22.2. The molecule has 6 heteroatoms. The molecule has 2 N–H and O–H groups in total. The van der Waals surface area contributed by atoms with Gasteiger partial charge in [0.2, 0.25) is 0 Å². The van der Waals surface area contributed by atoms with Gasteiger partial charge in [0.1, 0.15) is 0 Å². The molecule has 0 spiro atoms. The summed E-state index contributed by atoms with van der Waals surface area (Å²) in [4.78, 5) is 12.4. The van der Waals surface area contributed by atoms with Gasteiger partial charge in [-0.3, -0.25) is 4.21 Å². The van der Waals surface area contributed by atoms with Crippen molar-refractivity contribution in [2.24, 2.45) is 7.05 Å². The summed E-state index contributed by atoms with van der Waals surface area (Å²) in [6, 6.07) is 7.71. The number of rotatable bonds is 4. The number of hydrogen-bond donors (Lipinski definition) is 2. The number of urea groups is 1. The fraction of sp³-hybridized carbons (Fsp3) is 0.500. The van der Waals surface area contributed by atoms with Crippen LogP contribution in [0.2, 0.25) is 0 Å². The highest BCUT2D eigenvalue weighted by Crippen LogP contribution is 2.24. The third-order valence-corrected chi connectivity index (χ3v) is 6.60. The van der Waals surface area contributed by atoms with Crippen molar-refractivity contribution >= 4 is 33.4 Å². The molecule has 0 unspecified atom stereocenters. The van der Waals surface area contributed by atoms with E-state index in [-0.39, 0.29) is 17.3 Å². The average molecular weight is 347 g/mol. The van der Waals surface area contributed by atoms with Crippen LogP contribution in [0.5, 0.6) is 0 Å². The standard InChI is InChI=1S/C18H25N3O2S/c1-3-24(23)17-7-5-4-6-15(17)20-18(22)19-14-9-8-13-10-11-21(2)16(13)12-14/h8-12,15,17H,3-7H2,1-2H3,(H2,19,20,22)/t15-,17+,24+/m0/s1. The van der Waals surface area contributed by atoms with Gasteiger partial charge in [-0.05, 0) is 36.4 Å². The first kappa shape index (κ1) is 17.0. The topological polar surface area (TPSA) is 63.1 Å². The van der Waals surface area contributed by atoms with Gasteiger partial charge in [-0.2, -0.15) is 0 Å². The molecule has 5 nitrogen and oxygen atoms in total. The van der Waals surface area contributed by atoms with Crippen molar-refractivity contribution in [3.05, 3.63) is 30.5 Å². The second-order valence-electron chi connectivity index (χ2n) is 6.40. The van der Waals surface area contributed by atoms with Crippen LogP contribution in [0.4, 0.5) is 10.5 Å². The summed E-state index contributed by atoms with van der Waals surface area (Å²) in [6.07, 6.45) is 6.01. The van der Waals surface area contributed by atoms with E-state index in [1.807, 2.05) is 49.0 Å². The van der Waals surface area contributed by atoms with E-state index in [9.17, 15) is 9.00 Å². The van der Waals surface area contributed by atoms with E-state index in [0.717, 1.165) is 42.3 Å². The summed E-state index contributed by atoms with van der Waals surface area (Å²) in [6.45, 7) is 1.94. The van der Waals surface area contributed by atoms with Crippen LogP contribution in [-0.2, 0) is 17.8 Å². The van der Waals surface area contributed by atoms with Crippen LogP contribution in [0.15, 0.2) is 30.5 Å². The van der Waals surface area contributed by atoms with Gasteiger partial charge in [0.15, 0.2) is 0 Å². The zero-order valence-corrected chi connectivity index (χ0v) is 15.1. The van der Waals surface area contributed by atoms with Crippen molar-refractivity contribution in [2.45, 2.75) is 43.9 Å². The molecular formula is C18H25N3O2S. The largest absolute Gasteiger partial charge is 0.350 e. The number of fused-ring (bicyclic) bond motifs is 1. The average Bonchev–Trinajstić information content (AvgIpc) is 2.95. The lowest BCUT2D eigenvalue weighted by molar-refractivity contribution is 0.244. The highest BCUT2D eigenvalue weighted by molar-refractivity contribution is 7.85. The smallest absolute Gasteiger partial charge is 0.319 e. The summed E-state index contributed by atoms with van der Waals surface area (Å²) >= 11 is 0. The Morgan fingerprint density at radius 3 is 2.88 bits per heavy atom. The van der Waals surface area contributed by atoms with E-state index < -0.39 is 10.8 Å². The van der Waals surface area contributed by atoms with Gasteiger partial charge in [-0.25, -0.2) is 4.79 Å². The van der Waals surface area contributed by atoms with Gasteiger partial charge < -0.3 is 15.2 Å². The van der Waals surface area contributed by atoms with E-state index in [1.54, 1.807) is 0 Å². The summed E-state index contributed by atoms with van der Waals surface area (Å²) < 4.78 is 14.2. The van der Waals surface area contributed by atoms with Gasteiger partial charge in [0, 0.05) is 47.0 Å². The van der Waals surface area contributed by atoms with E-state index in [2.05, 4.69) is 10.6 Å². The molecule has 1 aliphatic rings. The first-order valence-electron chi connectivity index (χ1n) is 8.58. The number of aryl methyl sites for hydroxylation is 1. The molecule has 2 aromatic rings. The Morgan fingerprint density at radius 1 is 1.29 bits per heavy atom. The lowest BCUT2D eigenvalue weighted by atomic mass is 9.95. The predicted octanol–water partition coefficient (Wildman–Crippen LogP) is 3.38. The Bertz CT molecular complexity index is 756. The zero-order valence-electron chi connectivity index (χ0n) is 14.2. The Hall–Kier alpha value is -1.82. The van der Waals surface area contributed by atoms with Crippen LogP contribution < -0.4 is 10.6 Å². The van der Waals surface area contributed by atoms with Crippen LogP contribution >= 0.6 is 0 Å². The second kappa shape index (κ2) is 7.38. The molecular weight excluding hydrogens is 322 g/mol. The van der Waals surface area contributed by atoms with Gasteiger partial charge in [-0.1, -0.05) is 25.8 Å². The van der Waals surface area contributed by atoms with Crippen LogP contribution in [0, 0.1) is 0 Å². The second-order valence-corrected chi connectivity index (χ2v) is 8.34. The molecule has 0 saturated heterocycles. The lowest BCUT2D eigenvalue weighted by Gasteiger charge is -2.31. The lowest BCUT2D eigenvalue weighted by Crippen LogP contribution is -2.48. The highest BCUT2D eigenvalue weighted by Gasteiger charge is 2.30. The monoisotopic (exact) mass is 347 g/mol. The Morgan fingerprint density at radius 2 is 2.08 bits per heavy atom. The van der Waals surface area contributed by atoms with Crippen molar-refractivity contribution in [3.63, 3.8) is 0 Å². The number of amides is 2. The number of benzene rings is 1. The minimum atomic E-state index is -0.869. The highest BCUT2D eigenvalue weighted by atomic mass is 32.2. The number of carbonyl (C=O) groups excluding carboxylic acids is 1. The molecule has 0 bridgehead atoms. The maximum atomic E-state index is 12.4. The van der Waals surface area contributed by atoms with Crippen LogP contribution in [0.3, 0.4) is 0 Å². The molecule has 1 fully saturated rings. The van der Waals surface area contributed by atoms with Gasteiger partial charge in [0.25, 0.3) is 0 Å². The molecule has 0 aliphatic heterocycles. The van der Waals surface area contributed by atoms with Crippen molar-refractivity contribution < 1.29 is 9.00 Å². The number of anilines is 1. The number of nitrogens with one attached hydrogen (secondary N) is 2. The maximum absolute atomic E-state index is 12.4. The molecule has 1 saturated carbocycles. The Labute approximate surface area is 145 Å². The van der Waals surface area contributed by atoms with E-state index in [4.69, 9.17) is 0 Å². The van der Waals surface area contributed by atoms with E-state index in [1.165, 1.54) is 0 Å². The van der Waals surface area contributed by atoms with Gasteiger partial charge >= 0.3 is 6.03 Å². The van der Waals surface area contributed by atoms with Gasteiger partial charge in [0.05, 0.1) is 5.25 Å².